The highest BCUT2D eigenvalue weighted by molar-refractivity contribution is 7.22. The van der Waals surface area contributed by atoms with Gasteiger partial charge in [0.1, 0.15) is 0 Å². The van der Waals surface area contributed by atoms with Crippen molar-refractivity contribution < 1.29 is 14.3 Å². The molecular formula is C18H23N3O3S. The standard InChI is InChI=1S/C18H23N3O3S/c1-2-9-24-10-5-8-19-17(23)13-11-16(22)21(12-13)18-20-14-6-3-4-7-15(14)25-18/h3-4,6-7,13H,2,5,8-12H2,1H3,(H,19,23). The monoisotopic (exact) mass is 361 g/mol. The van der Waals surface area contributed by atoms with Crippen molar-refractivity contribution >= 4 is 38.5 Å². The van der Waals surface area contributed by atoms with E-state index in [0.29, 0.717) is 24.8 Å². The van der Waals surface area contributed by atoms with Crippen molar-refractivity contribution in [1.82, 2.24) is 10.3 Å². The minimum absolute atomic E-state index is 0.0366. The SMILES string of the molecule is CCCOCCCNC(=O)C1CC(=O)N(c2nc3ccccc3s2)C1. The lowest BCUT2D eigenvalue weighted by Crippen LogP contribution is -2.33. The number of nitrogens with zero attached hydrogens (tertiary/aromatic N) is 2. The predicted octanol–water partition coefficient (Wildman–Crippen LogP) is 2.58. The van der Waals surface area contributed by atoms with E-state index in [4.69, 9.17) is 4.74 Å². The zero-order valence-electron chi connectivity index (χ0n) is 14.4. The van der Waals surface area contributed by atoms with Gasteiger partial charge in [-0.25, -0.2) is 4.98 Å². The number of fused-ring (bicyclic) bond motifs is 1. The van der Waals surface area contributed by atoms with Crippen molar-refractivity contribution in [2.24, 2.45) is 5.92 Å². The van der Waals surface area contributed by atoms with Crippen LogP contribution in [-0.2, 0) is 14.3 Å². The number of para-hydroxylation sites is 1. The lowest BCUT2D eigenvalue weighted by Gasteiger charge is -2.13. The topological polar surface area (TPSA) is 71.5 Å². The number of thiazole rings is 1. The van der Waals surface area contributed by atoms with Crippen LogP contribution >= 0.6 is 11.3 Å². The maximum atomic E-state index is 12.3. The van der Waals surface area contributed by atoms with Crippen LogP contribution in [0, 0.1) is 5.92 Å². The van der Waals surface area contributed by atoms with E-state index >= 15 is 0 Å². The molecule has 2 amide bonds. The van der Waals surface area contributed by atoms with Crippen molar-refractivity contribution in [3.8, 4) is 0 Å². The first-order valence-electron chi connectivity index (χ1n) is 8.70. The summed E-state index contributed by atoms with van der Waals surface area (Å²) in [5.41, 5.74) is 0.885. The molecule has 6 nitrogen and oxygen atoms in total. The number of ether oxygens (including phenoxy) is 1. The summed E-state index contributed by atoms with van der Waals surface area (Å²) in [6.07, 6.45) is 2.03. The number of hydrogen-bond donors (Lipinski definition) is 1. The van der Waals surface area contributed by atoms with Crippen LogP contribution in [0.15, 0.2) is 24.3 Å². The van der Waals surface area contributed by atoms with Gasteiger partial charge in [0.15, 0.2) is 5.13 Å². The van der Waals surface area contributed by atoms with E-state index in [1.807, 2.05) is 24.3 Å². The molecule has 1 aromatic carbocycles. The third-order valence-electron chi connectivity index (χ3n) is 4.12. The number of anilines is 1. The van der Waals surface area contributed by atoms with Crippen molar-refractivity contribution in [3.05, 3.63) is 24.3 Å². The summed E-state index contributed by atoms with van der Waals surface area (Å²) < 4.78 is 6.44. The van der Waals surface area contributed by atoms with Crippen LogP contribution in [0.5, 0.6) is 0 Å². The minimum atomic E-state index is -0.309. The first-order chi connectivity index (χ1) is 12.2. The van der Waals surface area contributed by atoms with Crippen LogP contribution in [0.3, 0.4) is 0 Å². The zero-order chi connectivity index (χ0) is 17.6. The molecule has 1 fully saturated rings. The van der Waals surface area contributed by atoms with Gasteiger partial charge in [-0.15, -0.1) is 0 Å². The number of aromatic nitrogens is 1. The molecule has 3 rings (SSSR count). The molecule has 1 atom stereocenters. The first kappa shape index (κ1) is 17.8. The Kier molecular flexibility index (Phi) is 5.99. The summed E-state index contributed by atoms with van der Waals surface area (Å²) >= 11 is 1.49. The highest BCUT2D eigenvalue weighted by Crippen LogP contribution is 2.32. The highest BCUT2D eigenvalue weighted by Gasteiger charge is 2.36. The Balaban J connectivity index is 1.52. The molecule has 134 valence electrons. The molecule has 0 radical (unpaired) electrons. The zero-order valence-corrected chi connectivity index (χ0v) is 15.2. The summed E-state index contributed by atoms with van der Waals surface area (Å²) in [7, 11) is 0. The van der Waals surface area contributed by atoms with E-state index in [9.17, 15) is 9.59 Å². The van der Waals surface area contributed by atoms with Gasteiger partial charge in [-0.3, -0.25) is 14.5 Å². The fourth-order valence-corrected chi connectivity index (χ4v) is 3.81. The Hall–Kier alpha value is -1.99. The van der Waals surface area contributed by atoms with E-state index < -0.39 is 0 Å². The molecule has 1 aliphatic heterocycles. The molecule has 25 heavy (non-hydrogen) atoms. The number of rotatable bonds is 8. The molecule has 1 aromatic heterocycles. The summed E-state index contributed by atoms with van der Waals surface area (Å²) in [6.45, 7) is 4.44. The normalized spacial score (nSPS) is 17.4. The Morgan fingerprint density at radius 1 is 1.40 bits per heavy atom. The van der Waals surface area contributed by atoms with Crippen LogP contribution in [-0.4, -0.2) is 43.1 Å². The van der Waals surface area contributed by atoms with Gasteiger partial charge in [-0.1, -0.05) is 30.4 Å². The highest BCUT2D eigenvalue weighted by atomic mass is 32.1. The van der Waals surface area contributed by atoms with Crippen molar-refractivity contribution in [2.75, 3.05) is 31.2 Å². The summed E-state index contributed by atoms with van der Waals surface area (Å²) in [5, 5.41) is 3.58. The number of nitrogens with one attached hydrogen (secondary N) is 1. The van der Waals surface area contributed by atoms with E-state index in [0.717, 1.165) is 29.7 Å². The Bertz CT molecular complexity index is 713. The fraction of sp³-hybridized carbons (Fsp3) is 0.500. The molecule has 1 unspecified atom stereocenters. The molecule has 0 saturated carbocycles. The van der Waals surface area contributed by atoms with Gasteiger partial charge in [0.05, 0.1) is 16.1 Å². The third-order valence-corrected chi connectivity index (χ3v) is 5.18. The van der Waals surface area contributed by atoms with Gasteiger partial charge in [-0.05, 0) is 25.0 Å². The molecule has 1 aliphatic rings. The van der Waals surface area contributed by atoms with Crippen LogP contribution in [0.1, 0.15) is 26.2 Å². The lowest BCUT2D eigenvalue weighted by molar-refractivity contribution is -0.126. The fourth-order valence-electron chi connectivity index (χ4n) is 2.82. The molecule has 2 aromatic rings. The minimum Gasteiger partial charge on any atom is -0.381 e. The smallest absolute Gasteiger partial charge is 0.229 e. The molecule has 0 bridgehead atoms. The Morgan fingerprint density at radius 3 is 3.04 bits per heavy atom. The van der Waals surface area contributed by atoms with Gasteiger partial charge in [0, 0.05) is 32.7 Å². The summed E-state index contributed by atoms with van der Waals surface area (Å²) in [6, 6.07) is 7.80. The molecule has 7 heteroatoms. The summed E-state index contributed by atoms with van der Waals surface area (Å²) in [4.78, 5) is 30.7. The van der Waals surface area contributed by atoms with Gasteiger partial charge in [0.25, 0.3) is 0 Å². The second kappa shape index (κ2) is 8.40. The van der Waals surface area contributed by atoms with E-state index in [1.54, 1.807) is 4.90 Å². The molecular weight excluding hydrogens is 338 g/mol. The van der Waals surface area contributed by atoms with Gasteiger partial charge in [-0.2, -0.15) is 0 Å². The van der Waals surface area contributed by atoms with Crippen LogP contribution in [0.25, 0.3) is 10.2 Å². The van der Waals surface area contributed by atoms with Crippen LogP contribution in [0.2, 0.25) is 0 Å². The number of benzene rings is 1. The molecule has 1 saturated heterocycles. The van der Waals surface area contributed by atoms with Crippen molar-refractivity contribution in [2.45, 2.75) is 26.2 Å². The molecule has 0 aliphatic carbocycles. The molecule has 0 spiro atoms. The predicted molar refractivity (Wildman–Crippen MR) is 98.8 cm³/mol. The average molecular weight is 361 g/mol. The van der Waals surface area contributed by atoms with Crippen LogP contribution < -0.4 is 10.2 Å². The molecule has 2 heterocycles. The Morgan fingerprint density at radius 2 is 2.24 bits per heavy atom. The second-order valence-electron chi connectivity index (χ2n) is 6.13. The summed E-state index contributed by atoms with van der Waals surface area (Å²) in [5.74, 6) is -0.408. The van der Waals surface area contributed by atoms with E-state index in [2.05, 4.69) is 17.2 Å². The lowest BCUT2D eigenvalue weighted by atomic mass is 10.1. The van der Waals surface area contributed by atoms with Gasteiger partial charge in [0.2, 0.25) is 11.8 Å². The average Bonchev–Trinajstić information content (AvgIpc) is 3.20. The Labute approximate surface area is 151 Å². The number of amides is 2. The molecule has 1 N–H and O–H groups in total. The quantitative estimate of drug-likeness (QED) is 0.734. The third kappa shape index (κ3) is 4.35. The largest absolute Gasteiger partial charge is 0.381 e. The van der Waals surface area contributed by atoms with Gasteiger partial charge >= 0.3 is 0 Å². The maximum Gasteiger partial charge on any atom is 0.229 e. The number of hydrogen-bond acceptors (Lipinski definition) is 5. The second-order valence-corrected chi connectivity index (χ2v) is 7.14. The van der Waals surface area contributed by atoms with Gasteiger partial charge < -0.3 is 10.1 Å². The number of carbonyl (C=O) groups excluding carboxylic acids is 2. The van der Waals surface area contributed by atoms with Crippen LogP contribution in [0.4, 0.5) is 5.13 Å². The van der Waals surface area contributed by atoms with E-state index in [1.165, 1.54) is 11.3 Å². The number of carbonyl (C=O) groups is 2. The van der Waals surface area contributed by atoms with Crippen molar-refractivity contribution in [1.29, 1.82) is 0 Å². The van der Waals surface area contributed by atoms with E-state index in [-0.39, 0.29) is 24.2 Å². The maximum absolute atomic E-state index is 12.3. The first-order valence-corrected chi connectivity index (χ1v) is 9.52. The van der Waals surface area contributed by atoms with Crippen molar-refractivity contribution in [3.63, 3.8) is 0 Å².